The van der Waals surface area contributed by atoms with Crippen LogP contribution in [0.2, 0.25) is 0 Å². The first-order valence-corrected chi connectivity index (χ1v) is 6.16. The van der Waals surface area contributed by atoms with E-state index < -0.39 is 10.2 Å². The normalized spacial score (nSPS) is 16.8. The van der Waals surface area contributed by atoms with Crippen LogP contribution in [0.4, 0.5) is 0 Å². The van der Waals surface area contributed by atoms with Gasteiger partial charge in [-0.2, -0.15) is 14.0 Å². The third-order valence-electron chi connectivity index (χ3n) is 2.45. The van der Waals surface area contributed by atoms with Gasteiger partial charge in [0, 0.05) is 19.3 Å². The molecule has 1 rings (SSSR count). The molecule has 1 N–H and O–H groups in total. The molecule has 0 fully saturated rings. The van der Waals surface area contributed by atoms with E-state index in [2.05, 4.69) is 25.5 Å². The Balaban J connectivity index is 0.000000385. The van der Waals surface area contributed by atoms with Gasteiger partial charge in [-0.1, -0.05) is 6.08 Å². The molecule has 0 radical (unpaired) electrons. The average Bonchev–Trinajstić information content (AvgIpc) is 2.10. The summed E-state index contributed by atoms with van der Waals surface area (Å²) in [7, 11) is -2.53. The first-order chi connectivity index (χ1) is 7.25. The summed E-state index contributed by atoms with van der Waals surface area (Å²) < 4.78 is 32.7. The van der Waals surface area contributed by atoms with Crippen molar-refractivity contribution in [2.45, 2.75) is 26.2 Å². The zero-order chi connectivity index (χ0) is 12.8. The lowest BCUT2D eigenvalue weighted by molar-refractivity contribution is -1.92. The monoisotopic (exact) mass is 251 g/mol. The summed E-state index contributed by atoms with van der Waals surface area (Å²) in [5.41, 5.74) is 3.02. The zero-order valence-electron chi connectivity index (χ0n) is 9.61. The number of nitrogens with zero attached hydrogens (tertiary/aromatic N) is 1. The van der Waals surface area contributed by atoms with E-state index in [1.807, 2.05) is 6.08 Å². The molecule has 0 aromatic carbocycles. The average molecular weight is 252 g/mol. The van der Waals surface area contributed by atoms with Gasteiger partial charge in [0.25, 0.3) is 0 Å². The van der Waals surface area contributed by atoms with Gasteiger partial charge in [-0.15, -0.1) is 6.58 Å². The highest BCUT2D eigenvalue weighted by Gasteiger charge is 2.11. The number of rotatable bonds is 2. The van der Waals surface area contributed by atoms with E-state index in [4.69, 9.17) is 18.6 Å². The lowest BCUT2D eigenvalue weighted by Crippen LogP contribution is -2.58. The minimum Gasteiger partial charge on any atom is -0.378 e. The van der Waals surface area contributed by atoms with Crippen LogP contribution in [0.15, 0.2) is 23.9 Å². The Kier molecular flexibility index (Phi) is 6.62. The van der Waals surface area contributed by atoms with Crippen molar-refractivity contribution in [2.75, 3.05) is 13.6 Å². The van der Waals surface area contributed by atoms with E-state index in [-0.39, 0.29) is 0 Å². The van der Waals surface area contributed by atoms with Crippen LogP contribution in [0.5, 0.6) is 0 Å². The second-order valence-corrected chi connectivity index (χ2v) is 4.39. The van der Waals surface area contributed by atoms with Crippen molar-refractivity contribution in [1.82, 2.24) is 4.90 Å². The molecule has 5 nitrogen and oxygen atoms in total. The van der Waals surface area contributed by atoms with E-state index in [0.29, 0.717) is 0 Å². The highest BCUT2D eigenvalue weighted by Crippen LogP contribution is 2.22. The molecule has 0 amide bonds. The van der Waals surface area contributed by atoms with Crippen molar-refractivity contribution in [3.63, 3.8) is 0 Å². The standard InChI is InChI=1S/C10H17N.ClHO4/c1-4-6-10-7-5-8-11(3)9(10)2;2-1(3,4)5/h4H,1,5-8H2,2-3H3;(H,2,3,4,5). The summed E-state index contributed by atoms with van der Waals surface area (Å²) in [6.07, 6.45) is 5.63. The lowest BCUT2D eigenvalue weighted by atomic mass is 10.0. The zero-order valence-corrected chi connectivity index (χ0v) is 10.4. The third-order valence-corrected chi connectivity index (χ3v) is 2.45. The molecule has 1 heterocycles. The van der Waals surface area contributed by atoms with Gasteiger partial charge in [-0.25, -0.2) is 0 Å². The summed E-state index contributed by atoms with van der Waals surface area (Å²) in [4.78, 5) is 2.34. The van der Waals surface area contributed by atoms with Gasteiger partial charge in [0.2, 0.25) is 0 Å². The van der Waals surface area contributed by atoms with Crippen LogP contribution in [0.25, 0.3) is 0 Å². The van der Waals surface area contributed by atoms with Crippen molar-refractivity contribution < 1.29 is 28.9 Å². The molecule has 1 aliphatic rings. The van der Waals surface area contributed by atoms with Crippen LogP contribution >= 0.6 is 0 Å². The maximum atomic E-state index is 8.60. The van der Waals surface area contributed by atoms with Gasteiger partial charge in [0.1, 0.15) is 0 Å². The predicted molar refractivity (Wildman–Crippen MR) is 51.6 cm³/mol. The Morgan fingerprint density at radius 1 is 1.50 bits per heavy atom. The summed E-state index contributed by atoms with van der Waals surface area (Å²) in [5.74, 6) is 0. The fourth-order valence-electron chi connectivity index (χ4n) is 1.57. The van der Waals surface area contributed by atoms with Gasteiger partial charge >= 0.3 is 0 Å². The Morgan fingerprint density at radius 3 is 2.44 bits per heavy atom. The Bertz CT molecular complexity index is 254. The third kappa shape index (κ3) is 7.67. The second kappa shape index (κ2) is 6.88. The highest BCUT2D eigenvalue weighted by atomic mass is 35.7. The molecular weight excluding hydrogens is 234 g/mol. The quantitative estimate of drug-likeness (QED) is 0.599. The molecule has 0 aromatic heterocycles. The molecule has 16 heavy (non-hydrogen) atoms. The minimum atomic E-state index is -4.69. The molecule has 0 spiro atoms. The van der Waals surface area contributed by atoms with E-state index >= 15 is 0 Å². The lowest BCUT2D eigenvalue weighted by Gasteiger charge is -2.28. The molecule has 0 atom stereocenters. The number of halogens is 1. The fraction of sp³-hybridized carbons (Fsp3) is 0.600. The Hall–Kier alpha value is -0.590. The summed E-state index contributed by atoms with van der Waals surface area (Å²) in [5, 5.41) is 0. The molecule has 0 saturated carbocycles. The largest absolute Gasteiger partial charge is 0.378 e. The molecule has 0 aromatic rings. The molecule has 0 unspecified atom stereocenters. The van der Waals surface area contributed by atoms with Crippen LogP contribution in [0.3, 0.4) is 0 Å². The molecule has 1 aliphatic heterocycles. The molecule has 94 valence electrons. The Morgan fingerprint density at radius 2 is 2.00 bits per heavy atom. The maximum absolute atomic E-state index is 8.60. The summed E-state index contributed by atoms with van der Waals surface area (Å²) in [6.45, 7) is 7.18. The first-order valence-electron chi connectivity index (χ1n) is 4.89. The minimum absolute atomic E-state index is 1.07. The van der Waals surface area contributed by atoms with E-state index in [1.54, 1.807) is 5.57 Å². The highest BCUT2D eigenvalue weighted by molar-refractivity contribution is 5.16. The molecular formula is C10H18ClNO4. The first kappa shape index (κ1) is 15.4. The van der Waals surface area contributed by atoms with Crippen molar-refractivity contribution in [2.24, 2.45) is 0 Å². The van der Waals surface area contributed by atoms with Crippen LogP contribution in [0, 0.1) is 10.2 Å². The van der Waals surface area contributed by atoms with Gasteiger partial charge < -0.3 is 4.90 Å². The second-order valence-electron chi connectivity index (χ2n) is 3.60. The van der Waals surface area contributed by atoms with Crippen molar-refractivity contribution in [1.29, 1.82) is 0 Å². The van der Waals surface area contributed by atoms with Crippen LogP contribution < -0.4 is 14.0 Å². The van der Waals surface area contributed by atoms with Crippen molar-refractivity contribution >= 4 is 0 Å². The van der Waals surface area contributed by atoms with Gasteiger partial charge in [-0.05, 0) is 31.8 Å². The Labute approximate surface area is 98.0 Å². The molecule has 0 aliphatic carbocycles. The predicted octanol–water partition coefficient (Wildman–Crippen LogP) is -1.56. The molecule has 0 saturated heterocycles. The number of hydrogen-bond acceptors (Lipinski definition) is 5. The SMILES string of the molecule is C=CCC1=C(C)N(C)CCC1.[O-][Cl+3]([O-])([O-])O. The fourth-order valence-corrected chi connectivity index (χ4v) is 1.57. The van der Waals surface area contributed by atoms with Gasteiger partial charge in [-0.3, -0.25) is 0 Å². The van der Waals surface area contributed by atoms with Gasteiger partial charge in [0.15, 0.2) is 0 Å². The van der Waals surface area contributed by atoms with Crippen LogP contribution in [-0.2, 0) is 0 Å². The number of hydrogen-bond donors (Lipinski definition) is 1. The van der Waals surface area contributed by atoms with E-state index in [9.17, 15) is 0 Å². The summed E-state index contributed by atoms with van der Waals surface area (Å²) >= 11 is 0. The summed E-state index contributed by atoms with van der Waals surface area (Å²) in [6, 6.07) is 0. The maximum Gasteiger partial charge on any atom is 0.0777 e. The number of allylic oxidation sites excluding steroid dienone is 3. The van der Waals surface area contributed by atoms with E-state index in [1.165, 1.54) is 25.1 Å². The topological polar surface area (TPSA) is 92.7 Å². The van der Waals surface area contributed by atoms with E-state index in [0.717, 1.165) is 6.42 Å². The molecule has 0 bridgehead atoms. The van der Waals surface area contributed by atoms with Crippen molar-refractivity contribution in [3.8, 4) is 0 Å². The smallest absolute Gasteiger partial charge is 0.0777 e. The molecule has 6 heteroatoms. The van der Waals surface area contributed by atoms with Crippen molar-refractivity contribution in [3.05, 3.63) is 23.9 Å². The van der Waals surface area contributed by atoms with Crippen LogP contribution in [0.1, 0.15) is 26.2 Å². The van der Waals surface area contributed by atoms with Crippen LogP contribution in [-0.4, -0.2) is 23.2 Å². The van der Waals surface area contributed by atoms with Gasteiger partial charge in [0.05, 0.1) is 14.9 Å².